The molecule has 0 aliphatic heterocycles. The van der Waals surface area contributed by atoms with Gasteiger partial charge in [0.2, 0.25) is 0 Å². The number of nitrogens with zero attached hydrogens (tertiary/aromatic N) is 1. The van der Waals surface area contributed by atoms with Gasteiger partial charge >= 0.3 is 0 Å². The lowest BCUT2D eigenvalue weighted by Gasteiger charge is -2.03. The molecule has 0 aromatic heterocycles. The highest BCUT2D eigenvalue weighted by molar-refractivity contribution is 14.1. The van der Waals surface area contributed by atoms with Crippen LogP contribution in [-0.2, 0) is 6.42 Å². The molecule has 0 bridgehead atoms. The molecule has 1 aromatic rings. The van der Waals surface area contributed by atoms with E-state index in [0.29, 0.717) is 6.42 Å². The third-order valence-corrected chi connectivity index (χ3v) is 6.70. The van der Waals surface area contributed by atoms with Crippen molar-refractivity contribution < 1.29 is 0 Å². The van der Waals surface area contributed by atoms with Crippen LogP contribution in [0.5, 0.6) is 0 Å². The molecule has 0 aliphatic carbocycles. The van der Waals surface area contributed by atoms with Crippen molar-refractivity contribution in [1.29, 1.82) is 5.26 Å². The van der Waals surface area contributed by atoms with Gasteiger partial charge in [0.1, 0.15) is 0 Å². The number of halogens is 3. The predicted octanol–water partition coefficient (Wildman–Crippen LogP) is 3.57. The van der Waals surface area contributed by atoms with Gasteiger partial charge in [-0.15, -0.1) is 0 Å². The van der Waals surface area contributed by atoms with E-state index in [1.165, 1.54) is 10.7 Å². The number of nitriles is 1. The molecular weight excluding hydrogens is 491 g/mol. The molecule has 1 nitrogen and oxygen atoms in total. The molecule has 0 amide bonds. The molecule has 0 spiro atoms. The maximum Gasteiger partial charge on any atom is 0.0670 e. The van der Waals surface area contributed by atoms with Gasteiger partial charge in [-0.25, -0.2) is 0 Å². The molecule has 0 unspecified atom stereocenters. The highest BCUT2D eigenvalue weighted by Gasteiger charge is 2.05. The van der Waals surface area contributed by atoms with E-state index in [1.807, 2.05) is 6.07 Å². The second kappa shape index (κ2) is 4.95. The van der Waals surface area contributed by atoms with Gasteiger partial charge in [-0.1, -0.05) is 6.07 Å². The summed E-state index contributed by atoms with van der Waals surface area (Å²) in [6.45, 7) is 0. The van der Waals surface area contributed by atoms with Crippen molar-refractivity contribution in [1.82, 2.24) is 0 Å². The minimum absolute atomic E-state index is 0.505. The molecule has 4 heteroatoms. The first kappa shape index (κ1) is 11.0. The van der Waals surface area contributed by atoms with Gasteiger partial charge in [0.25, 0.3) is 0 Å². The van der Waals surface area contributed by atoms with E-state index in [0.717, 1.165) is 5.56 Å². The highest BCUT2D eigenvalue weighted by atomic mass is 127. The molecule has 1 rings (SSSR count). The molecule has 0 saturated carbocycles. The average molecular weight is 495 g/mol. The summed E-state index contributed by atoms with van der Waals surface area (Å²) in [6.07, 6.45) is 0.505. The molecule has 0 fully saturated rings. The first-order chi connectivity index (χ1) is 5.66. The van der Waals surface area contributed by atoms with E-state index in [1.54, 1.807) is 0 Å². The fourth-order valence-electron chi connectivity index (χ4n) is 0.788. The highest BCUT2D eigenvalue weighted by Crippen LogP contribution is 2.24. The van der Waals surface area contributed by atoms with Gasteiger partial charge in [-0.05, 0) is 79.4 Å². The Bertz CT molecular complexity index is 341. The second-order valence-corrected chi connectivity index (χ2v) is 5.49. The van der Waals surface area contributed by atoms with Crippen molar-refractivity contribution in [2.24, 2.45) is 0 Å². The van der Waals surface area contributed by atoms with Crippen LogP contribution < -0.4 is 0 Å². The van der Waals surface area contributed by atoms with Crippen LogP contribution in [0.3, 0.4) is 0 Å². The van der Waals surface area contributed by atoms with Gasteiger partial charge in [0.05, 0.1) is 12.5 Å². The number of benzene rings is 1. The van der Waals surface area contributed by atoms with Crippen molar-refractivity contribution in [3.8, 4) is 6.07 Å². The van der Waals surface area contributed by atoms with Crippen LogP contribution >= 0.6 is 67.8 Å². The largest absolute Gasteiger partial charge is 0.198 e. The Balaban J connectivity index is 3.19. The zero-order chi connectivity index (χ0) is 9.14. The molecule has 62 valence electrons. The summed E-state index contributed by atoms with van der Waals surface area (Å²) in [5.41, 5.74) is 1.13. The number of hydrogen-bond acceptors (Lipinski definition) is 1. The van der Waals surface area contributed by atoms with Crippen molar-refractivity contribution >= 4 is 67.8 Å². The molecular formula is C8H4I3N. The van der Waals surface area contributed by atoms with Crippen LogP contribution in [-0.4, -0.2) is 0 Å². The molecule has 0 saturated heterocycles. The molecule has 0 atom stereocenters. The minimum atomic E-state index is 0.505. The summed E-state index contributed by atoms with van der Waals surface area (Å²) in [4.78, 5) is 0. The summed E-state index contributed by atoms with van der Waals surface area (Å²) < 4.78 is 3.71. The smallest absolute Gasteiger partial charge is 0.0670 e. The van der Waals surface area contributed by atoms with E-state index in [4.69, 9.17) is 5.26 Å². The predicted molar refractivity (Wildman–Crippen MR) is 73.9 cm³/mol. The molecule has 1 aromatic carbocycles. The third kappa shape index (κ3) is 2.45. The van der Waals surface area contributed by atoms with E-state index in [-0.39, 0.29) is 0 Å². The Morgan fingerprint density at radius 1 is 1.17 bits per heavy atom. The molecule has 0 radical (unpaired) electrons. The monoisotopic (exact) mass is 495 g/mol. The lowest BCUT2D eigenvalue weighted by atomic mass is 10.2. The standard InChI is InChI=1S/C8H4I3N/c9-6-2-1-5(3-4-12)7(10)8(6)11/h1-2H,3H2. The maximum absolute atomic E-state index is 8.55. The fourth-order valence-corrected chi connectivity index (χ4v) is 2.94. The third-order valence-electron chi connectivity index (χ3n) is 1.38. The Hall–Kier alpha value is 0.900. The van der Waals surface area contributed by atoms with E-state index < -0.39 is 0 Å². The zero-order valence-corrected chi connectivity index (χ0v) is 12.4. The molecule has 0 heterocycles. The summed E-state index contributed by atoms with van der Waals surface area (Å²) in [7, 11) is 0. The van der Waals surface area contributed by atoms with Crippen LogP contribution in [0.1, 0.15) is 5.56 Å². The summed E-state index contributed by atoms with van der Waals surface area (Å²) >= 11 is 6.90. The van der Waals surface area contributed by atoms with Gasteiger partial charge < -0.3 is 0 Å². The van der Waals surface area contributed by atoms with Crippen LogP contribution in [0.15, 0.2) is 12.1 Å². The molecule has 12 heavy (non-hydrogen) atoms. The Labute approximate surface area is 112 Å². The van der Waals surface area contributed by atoms with Crippen LogP contribution in [0.25, 0.3) is 0 Å². The Kier molecular flexibility index (Phi) is 4.53. The van der Waals surface area contributed by atoms with Crippen molar-refractivity contribution in [2.75, 3.05) is 0 Å². The fraction of sp³-hybridized carbons (Fsp3) is 0.125. The number of rotatable bonds is 1. The normalized spacial score (nSPS) is 9.50. The van der Waals surface area contributed by atoms with Crippen molar-refractivity contribution in [3.63, 3.8) is 0 Å². The lowest BCUT2D eigenvalue weighted by molar-refractivity contribution is 1.23. The van der Waals surface area contributed by atoms with Crippen molar-refractivity contribution in [3.05, 3.63) is 28.4 Å². The first-order valence-electron chi connectivity index (χ1n) is 3.16. The Morgan fingerprint density at radius 3 is 2.42 bits per heavy atom. The Morgan fingerprint density at radius 2 is 1.83 bits per heavy atom. The van der Waals surface area contributed by atoms with Crippen LogP contribution in [0.4, 0.5) is 0 Å². The quantitative estimate of drug-likeness (QED) is 0.433. The van der Waals surface area contributed by atoms with Gasteiger partial charge in [0, 0.05) is 10.7 Å². The summed E-state index contributed by atoms with van der Waals surface area (Å²) in [6, 6.07) is 6.24. The van der Waals surface area contributed by atoms with Gasteiger partial charge in [0.15, 0.2) is 0 Å². The van der Waals surface area contributed by atoms with E-state index in [2.05, 4.69) is 79.9 Å². The molecule has 0 aliphatic rings. The topological polar surface area (TPSA) is 23.8 Å². The van der Waals surface area contributed by atoms with Gasteiger partial charge in [-0.2, -0.15) is 5.26 Å². The number of hydrogen-bond donors (Lipinski definition) is 0. The average Bonchev–Trinajstić information content (AvgIpc) is 2.07. The van der Waals surface area contributed by atoms with E-state index in [9.17, 15) is 0 Å². The maximum atomic E-state index is 8.55. The van der Waals surface area contributed by atoms with Crippen LogP contribution in [0.2, 0.25) is 0 Å². The summed E-state index contributed by atoms with van der Waals surface area (Å²) in [5.74, 6) is 0. The zero-order valence-electron chi connectivity index (χ0n) is 5.94. The van der Waals surface area contributed by atoms with E-state index >= 15 is 0 Å². The minimum Gasteiger partial charge on any atom is -0.198 e. The molecule has 0 N–H and O–H groups in total. The SMILES string of the molecule is N#CCc1ccc(I)c(I)c1I. The van der Waals surface area contributed by atoms with Gasteiger partial charge in [-0.3, -0.25) is 0 Å². The first-order valence-corrected chi connectivity index (χ1v) is 6.39. The van der Waals surface area contributed by atoms with Crippen molar-refractivity contribution in [2.45, 2.75) is 6.42 Å². The summed E-state index contributed by atoms with van der Waals surface area (Å²) in [5, 5.41) is 8.55. The second-order valence-electron chi connectivity index (χ2n) is 2.17. The van der Waals surface area contributed by atoms with Crippen LogP contribution in [0, 0.1) is 22.0 Å². The lowest BCUT2D eigenvalue weighted by Crippen LogP contribution is -1.92.